The number of hydrogen-bond acceptors (Lipinski definition) is 2. The minimum atomic E-state index is -0.443. The number of ether oxygens (including phenoxy) is 1. The lowest BCUT2D eigenvalue weighted by molar-refractivity contribution is -0.0599. The van der Waals surface area contributed by atoms with E-state index in [9.17, 15) is 0 Å². The van der Waals surface area contributed by atoms with Gasteiger partial charge in [0.05, 0.1) is 11.0 Å². The minimum Gasteiger partial charge on any atom is -0.339 e. The number of imidazole rings is 1. The summed E-state index contributed by atoms with van der Waals surface area (Å²) in [5.74, 6) is 0.974. The van der Waals surface area contributed by atoms with E-state index >= 15 is 0 Å². The molecule has 3 aromatic rings. The van der Waals surface area contributed by atoms with Crippen molar-refractivity contribution in [1.82, 2.24) is 9.55 Å². The quantitative estimate of drug-likeness (QED) is 0.668. The molecule has 1 aliphatic rings. The second-order valence-corrected chi connectivity index (χ2v) is 5.90. The lowest BCUT2D eigenvalue weighted by Crippen LogP contribution is -2.21. The van der Waals surface area contributed by atoms with E-state index in [1.54, 1.807) is 0 Å². The molecule has 0 amide bonds. The van der Waals surface area contributed by atoms with Crippen LogP contribution in [0.2, 0.25) is 0 Å². The molecule has 0 N–H and O–H groups in total. The average molecular weight is 290 g/mol. The van der Waals surface area contributed by atoms with Crippen molar-refractivity contribution < 1.29 is 4.74 Å². The van der Waals surface area contributed by atoms with E-state index in [1.807, 2.05) is 36.4 Å². The molecule has 0 saturated heterocycles. The number of fused-ring (bicyclic) bond motifs is 3. The van der Waals surface area contributed by atoms with Crippen LogP contribution in [0.15, 0.2) is 67.3 Å². The Morgan fingerprint density at radius 1 is 1.18 bits per heavy atom. The van der Waals surface area contributed by atoms with Crippen LogP contribution in [0.5, 0.6) is 0 Å². The molecule has 1 aliphatic heterocycles. The normalized spacial score (nSPS) is 23.6. The third kappa shape index (κ3) is 1.82. The molecule has 4 rings (SSSR count). The van der Waals surface area contributed by atoms with Gasteiger partial charge in [0.1, 0.15) is 11.4 Å². The fourth-order valence-corrected chi connectivity index (χ4v) is 3.26. The summed E-state index contributed by atoms with van der Waals surface area (Å²) in [6.07, 6.45) is 2.49. The van der Waals surface area contributed by atoms with Crippen molar-refractivity contribution in [3.8, 4) is 0 Å². The highest BCUT2D eigenvalue weighted by Gasteiger charge is 2.43. The molecule has 0 fully saturated rings. The lowest BCUT2D eigenvalue weighted by atomic mass is 10.0. The summed E-state index contributed by atoms with van der Waals surface area (Å²) in [7, 11) is 0. The van der Waals surface area contributed by atoms with Crippen molar-refractivity contribution in [3.63, 3.8) is 0 Å². The summed E-state index contributed by atoms with van der Waals surface area (Å²) in [4.78, 5) is 4.83. The van der Waals surface area contributed by atoms with Crippen LogP contribution in [0.25, 0.3) is 11.0 Å². The van der Waals surface area contributed by atoms with E-state index in [1.165, 1.54) is 0 Å². The molecule has 3 nitrogen and oxygen atoms in total. The van der Waals surface area contributed by atoms with Crippen LogP contribution in [0.3, 0.4) is 0 Å². The summed E-state index contributed by atoms with van der Waals surface area (Å²) in [6.45, 7) is 5.97. The highest BCUT2D eigenvalue weighted by Crippen LogP contribution is 2.45. The SMILES string of the molecule is C=CCC1(C)OC(c2ccccc2)n2c1nc1ccccc12. The molecule has 0 saturated carbocycles. The Morgan fingerprint density at radius 3 is 2.68 bits per heavy atom. The number of benzene rings is 2. The molecule has 0 bridgehead atoms. The van der Waals surface area contributed by atoms with Crippen LogP contribution in [0.4, 0.5) is 0 Å². The van der Waals surface area contributed by atoms with Crippen LogP contribution in [0, 0.1) is 0 Å². The molecule has 0 spiro atoms. The maximum Gasteiger partial charge on any atom is 0.163 e. The summed E-state index contributed by atoms with van der Waals surface area (Å²) in [6, 6.07) is 18.5. The smallest absolute Gasteiger partial charge is 0.163 e. The molecule has 3 heteroatoms. The average Bonchev–Trinajstić information content (AvgIpc) is 3.06. The zero-order chi connectivity index (χ0) is 15.2. The van der Waals surface area contributed by atoms with E-state index in [0.29, 0.717) is 0 Å². The summed E-state index contributed by atoms with van der Waals surface area (Å²) in [5, 5.41) is 0. The molecule has 2 unspecified atom stereocenters. The van der Waals surface area contributed by atoms with E-state index in [2.05, 4.69) is 42.3 Å². The van der Waals surface area contributed by atoms with Crippen LogP contribution < -0.4 is 0 Å². The number of aromatic nitrogens is 2. The summed E-state index contributed by atoms with van der Waals surface area (Å²) >= 11 is 0. The third-order valence-electron chi connectivity index (χ3n) is 4.29. The first-order valence-electron chi connectivity index (χ1n) is 7.54. The predicted molar refractivity (Wildman–Crippen MR) is 87.6 cm³/mol. The molecule has 2 heterocycles. The third-order valence-corrected chi connectivity index (χ3v) is 4.29. The lowest BCUT2D eigenvalue weighted by Gasteiger charge is -2.22. The van der Waals surface area contributed by atoms with E-state index in [-0.39, 0.29) is 6.23 Å². The first-order chi connectivity index (χ1) is 10.7. The predicted octanol–water partition coefficient (Wildman–Crippen LogP) is 4.40. The first kappa shape index (κ1) is 13.3. The van der Waals surface area contributed by atoms with Crippen molar-refractivity contribution in [1.29, 1.82) is 0 Å². The molecular weight excluding hydrogens is 272 g/mol. The summed E-state index contributed by atoms with van der Waals surface area (Å²) < 4.78 is 8.64. The largest absolute Gasteiger partial charge is 0.339 e. The number of para-hydroxylation sites is 2. The fourth-order valence-electron chi connectivity index (χ4n) is 3.26. The van der Waals surface area contributed by atoms with Gasteiger partial charge in [-0.1, -0.05) is 48.5 Å². The van der Waals surface area contributed by atoms with Gasteiger partial charge in [-0.3, -0.25) is 4.57 Å². The second-order valence-electron chi connectivity index (χ2n) is 5.90. The number of nitrogens with zero attached hydrogens (tertiary/aromatic N) is 2. The Morgan fingerprint density at radius 2 is 1.91 bits per heavy atom. The minimum absolute atomic E-state index is 0.145. The Balaban J connectivity index is 1.97. The standard InChI is InChI=1S/C19H18N2O/c1-3-13-19(2)18-20-15-11-7-8-12-16(15)21(18)17(22-19)14-9-5-4-6-10-14/h3-12,17H,1,13H2,2H3. The number of hydrogen-bond donors (Lipinski definition) is 0. The topological polar surface area (TPSA) is 27.1 Å². The molecule has 2 aromatic carbocycles. The second kappa shape index (κ2) is 4.82. The first-order valence-corrected chi connectivity index (χ1v) is 7.54. The Labute approximate surface area is 129 Å². The highest BCUT2D eigenvalue weighted by atomic mass is 16.5. The van der Waals surface area contributed by atoms with Gasteiger partial charge in [0.25, 0.3) is 0 Å². The molecular formula is C19H18N2O. The Hall–Kier alpha value is -2.39. The van der Waals surface area contributed by atoms with E-state index in [4.69, 9.17) is 9.72 Å². The molecule has 0 aliphatic carbocycles. The van der Waals surface area contributed by atoms with Gasteiger partial charge in [0, 0.05) is 12.0 Å². The fraction of sp³-hybridized carbons (Fsp3) is 0.211. The maximum atomic E-state index is 6.42. The van der Waals surface area contributed by atoms with Gasteiger partial charge in [-0.2, -0.15) is 0 Å². The van der Waals surface area contributed by atoms with Gasteiger partial charge in [-0.15, -0.1) is 6.58 Å². The van der Waals surface area contributed by atoms with Gasteiger partial charge in [-0.25, -0.2) is 4.98 Å². The van der Waals surface area contributed by atoms with Crippen molar-refractivity contribution in [2.24, 2.45) is 0 Å². The molecule has 1 aromatic heterocycles. The molecule has 0 radical (unpaired) electrons. The van der Waals surface area contributed by atoms with Crippen LogP contribution >= 0.6 is 0 Å². The van der Waals surface area contributed by atoms with Crippen molar-refractivity contribution in [2.75, 3.05) is 0 Å². The Kier molecular flexibility index (Phi) is 2.91. The summed E-state index contributed by atoms with van der Waals surface area (Å²) in [5.41, 5.74) is 2.82. The van der Waals surface area contributed by atoms with Crippen molar-refractivity contribution >= 4 is 11.0 Å². The van der Waals surface area contributed by atoms with E-state index < -0.39 is 5.60 Å². The molecule has 110 valence electrons. The van der Waals surface area contributed by atoms with Gasteiger partial charge in [0.15, 0.2) is 6.23 Å². The Bertz CT molecular complexity index is 837. The molecule has 2 atom stereocenters. The highest BCUT2D eigenvalue weighted by molar-refractivity contribution is 5.76. The van der Waals surface area contributed by atoms with Gasteiger partial charge >= 0.3 is 0 Å². The van der Waals surface area contributed by atoms with Crippen LogP contribution in [0.1, 0.15) is 31.0 Å². The van der Waals surface area contributed by atoms with Crippen LogP contribution in [-0.2, 0) is 10.3 Å². The number of rotatable bonds is 3. The monoisotopic (exact) mass is 290 g/mol. The zero-order valence-corrected chi connectivity index (χ0v) is 12.6. The van der Waals surface area contributed by atoms with Gasteiger partial charge < -0.3 is 4.74 Å². The van der Waals surface area contributed by atoms with Gasteiger partial charge in [-0.05, 0) is 19.1 Å². The van der Waals surface area contributed by atoms with Crippen LogP contribution in [-0.4, -0.2) is 9.55 Å². The molecule has 22 heavy (non-hydrogen) atoms. The van der Waals surface area contributed by atoms with Crippen molar-refractivity contribution in [2.45, 2.75) is 25.2 Å². The van der Waals surface area contributed by atoms with Crippen molar-refractivity contribution in [3.05, 3.63) is 78.6 Å². The van der Waals surface area contributed by atoms with E-state index in [0.717, 1.165) is 28.8 Å². The zero-order valence-electron chi connectivity index (χ0n) is 12.6. The maximum absolute atomic E-state index is 6.42. The van der Waals surface area contributed by atoms with Gasteiger partial charge in [0.2, 0.25) is 0 Å².